The highest BCUT2D eigenvalue weighted by molar-refractivity contribution is 6.17. The molecule has 0 amide bonds. The Bertz CT molecular complexity index is 348. The number of rotatable bonds is 7. The van der Waals surface area contributed by atoms with E-state index in [-0.39, 0.29) is 0 Å². The lowest BCUT2D eigenvalue weighted by atomic mass is 10.1. The predicted octanol–water partition coefficient (Wildman–Crippen LogP) is 3.00. The van der Waals surface area contributed by atoms with Gasteiger partial charge in [0.2, 0.25) is 0 Å². The van der Waals surface area contributed by atoms with Gasteiger partial charge in [-0.3, -0.25) is 0 Å². The quantitative estimate of drug-likeness (QED) is 0.603. The van der Waals surface area contributed by atoms with Crippen molar-refractivity contribution in [2.75, 3.05) is 26.2 Å². The minimum atomic E-state index is 0.600. The van der Waals surface area contributed by atoms with E-state index in [4.69, 9.17) is 11.6 Å². The molecule has 1 aromatic carbocycles. The predicted molar refractivity (Wildman–Crippen MR) is 78.0 cm³/mol. The fourth-order valence-electron chi connectivity index (χ4n) is 2.49. The van der Waals surface area contributed by atoms with Crippen LogP contribution in [-0.2, 0) is 12.4 Å². The maximum absolute atomic E-state index is 5.83. The first kappa shape index (κ1) is 13.9. The minimum absolute atomic E-state index is 0.600. The molecule has 0 atom stereocenters. The molecule has 0 radical (unpaired) electrons. The van der Waals surface area contributed by atoms with Gasteiger partial charge in [0, 0.05) is 12.4 Å². The maximum atomic E-state index is 5.83. The number of halogens is 1. The summed E-state index contributed by atoms with van der Waals surface area (Å²) in [4.78, 5) is 2.57. The van der Waals surface area contributed by atoms with Gasteiger partial charge in [0.15, 0.2) is 0 Å². The summed E-state index contributed by atoms with van der Waals surface area (Å²) >= 11 is 5.83. The van der Waals surface area contributed by atoms with Gasteiger partial charge in [-0.1, -0.05) is 24.3 Å². The number of alkyl halides is 1. The normalized spacial score (nSPS) is 16.3. The van der Waals surface area contributed by atoms with Gasteiger partial charge in [-0.2, -0.15) is 0 Å². The van der Waals surface area contributed by atoms with Crippen molar-refractivity contribution >= 4 is 11.6 Å². The SMILES string of the molecule is ClCc1cccc(CNCCCN2CCCC2)c1. The molecule has 1 N–H and O–H groups in total. The Morgan fingerprint density at radius 1 is 1.17 bits per heavy atom. The third-order valence-electron chi connectivity index (χ3n) is 3.50. The van der Waals surface area contributed by atoms with Crippen molar-refractivity contribution in [3.8, 4) is 0 Å². The zero-order valence-electron chi connectivity index (χ0n) is 11.0. The van der Waals surface area contributed by atoms with Crippen LogP contribution >= 0.6 is 11.6 Å². The molecule has 1 heterocycles. The topological polar surface area (TPSA) is 15.3 Å². The molecule has 0 saturated carbocycles. The molecule has 0 spiro atoms. The van der Waals surface area contributed by atoms with Crippen LogP contribution in [0, 0.1) is 0 Å². The van der Waals surface area contributed by atoms with Gasteiger partial charge >= 0.3 is 0 Å². The van der Waals surface area contributed by atoms with Crippen LogP contribution in [0.15, 0.2) is 24.3 Å². The van der Waals surface area contributed by atoms with Crippen LogP contribution in [0.25, 0.3) is 0 Å². The van der Waals surface area contributed by atoms with Crippen LogP contribution in [0.3, 0.4) is 0 Å². The average Bonchev–Trinajstić information content (AvgIpc) is 2.92. The Kier molecular flexibility index (Phi) is 5.98. The lowest BCUT2D eigenvalue weighted by Gasteiger charge is -2.14. The van der Waals surface area contributed by atoms with Gasteiger partial charge < -0.3 is 10.2 Å². The molecular formula is C15H23ClN2. The van der Waals surface area contributed by atoms with Crippen LogP contribution in [0.5, 0.6) is 0 Å². The Labute approximate surface area is 115 Å². The number of benzene rings is 1. The van der Waals surface area contributed by atoms with Crippen LogP contribution in [-0.4, -0.2) is 31.1 Å². The van der Waals surface area contributed by atoms with E-state index in [1.54, 1.807) is 0 Å². The first-order chi connectivity index (χ1) is 8.88. The summed E-state index contributed by atoms with van der Waals surface area (Å²) in [6.45, 7) is 5.90. The second-order valence-corrected chi connectivity index (χ2v) is 5.30. The molecule has 18 heavy (non-hydrogen) atoms. The third-order valence-corrected chi connectivity index (χ3v) is 3.81. The molecule has 0 unspecified atom stereocenters. The second-order valence-electron chi connectivity index (χ2n) is 5.03. The summed E-state index contributed by atoms with van der Waals surface area (Å²) in [5, 5.41) is 3.51. The molecule has 1 aliphatic rings. The van der Waals surface area contributed by atoms with Crippen molar-refractivity contribution in [1.29, 1.82) is 0 Å². The summed E-state index contributed by atoms with van der Waals surface area (Å²) in [6, 6.07) is 8.49. The molecule has 1 fully saturated rings. The van der Waals surface area contributed by atoms with Crippen molar-refractivity contribution in [1.82, 2.24) is 10.2 Å². The second kappa shape index (κ2) is 7.78. The Balaban J connectivity index is 1.59. The van der Waals surface area contributed by atoms with E-state index in [0.717, 1.165) is 13.1 Å². The molecular weight excluding hydrogens is 244 g/mol. The largest absolute Gasteiger partial charge is 0.313 e. The maximum Gasteiger partial charge on any atom is 0.0474 e. The fraction of sp³-hybridized carbons (Fsp3) is 0.600. The number of likely N-dealkylation sites (tertiary alicyclic amines) is 1. The molecule has 3 heteroatoms. The summed E-state index contributed by atoms with van der Waals surface area (Å²) in [5.41, 5.74) is 2.53. The molecule has 1 aromatic rings. The van der Waals surface area contributed by atoms with Crippen molar-refractivity contribution in [3.05, 3.63) is 35.4 Å². The molecule has 0 bridgehead atoms. The Hall–Kier alpha value is -0.570. The Morgan fingerprint density at radius 3 is 2.72 bits per heavy atom. The monoisotopic (exact) mass is 266 g/mol. The van der Waals surface area contributed by atoms with E-state index in [9.17, 15) is 0 Å². The van der Waals surface area contributed by atoms with Crippen molar-refractivity contribution in [2.45, 2.75) is 31.7 Å². The van der Waals surface area contributed by atoms with Gasteiger partial charge in [-0.25, -0.2) is 0 Å². The van der Waals surface area contributed by atoms with Crippen LogP contribution in [0.4, 0.5) is 0 Å². The molecule has 100 valence electrons. The van der Waals surface area contributed by atoms with Gasteiger partial charge in [-0.05, 0) is 56.6 Å². The highest BCUT2D eigenvalue weighted by Crippen LogP contribution is 2.08. The van der Waals surface area contributed by atoms with Gasteiger partial charge in [-0.15, -0.1) is 11.6 Å². The molecule has 0 aliphatic carbocycles. The summed E-state index contributed by atoms with van der Waals surface area (Å²) < 4.78 is 0. The lowest BCUT2D eigenvalue weighted by molar-refractivity contribution is 0.331. The van der Waals surface area contributed by atoms with Crippen molar-refractivity contribution in [2.24, 2.45) is 0 Å². The number of nitrogens with zero attached hydrogens (tertiary/aromatic N) is 1. The minimum Gasteiger partial charge on any atom is -0.313 e. The molecule has 2 rings (SSSR count). The standard InChI is InChI=1S/C15H23ClN2/c16-12-14-5-3-6-15(11-14)13-17-7-4-10-18-8-1-2-9-18/h3,5-6,11,17H,1-2,4,7-10,12-13H2. The van der Waals surface area contributed by atoms with Crippen molar-refractivity contribution in [3.63, 3.8) is 0 Å². The highest BCUT2D eigenvalue weighted by Gasteiger charge is 2.09. The number of hydrogen-bond donors (Lipinski definition) is 1. The smallest absolute Gasteiger partial charge is 0.0474 e. The van der Waals surface area contributed by atoms with E-state index >= 15 is 0 Å². The van der Waals surface area contributed by atoms with E-state index in [0.29, 0.717) is 5.88 Å². The summed E-state index contributed by atoms with van der Waals surface area (Å²) in [7, 11) is 0. The van der Waals surface area contributed by atoms with E-state index in [1.165, 1.54) is 50.0 Å². The van der Waals surface area contributed by atoms with E-state index in [2.05, 4.69) is 34.5 Å². The molecule has 0 aromatic heterocycles. The van der Waals surface area contributed by atoms with Crippen LogP contribution in [0.1, 0.15) is 30.4 Å². The van der Waals surface area contributed by atoms with Gasteiger partial charge in [0.05, 0.1) is 0 Å². The van der Waals surface area contributed by atoms with E-state index < -0.39 is 0 Å². The summed E-state index contributed by atoms with van der Waals surface area (Å²) in [5.74, 6) is 0.600. The zero-order chi connectivity index (χ0) is 12.6. The average molecular weight is 267 g/mol. The fourth-order valence-corrected chi connectivity index (χ4v) is 2.66. The Morgan fingerprint density at radius 2 is 1.94 bits per heavy atom. The lowest BCUT2D eigenvalue weighted by Crippen LogP contribution is -2.24. The van der Waals surface area contributed by atoms with Gasteiger partial charge in [0.1, 0.15) is 0 Å². The van der Waals surface area contributed by atoms with E-state index in [1.807, 2.05) is 0 Å². The molecule has 2 nitrogen and oxygen atoms in total. The van der Waals surface area contributed by atoms with Crippen LogP contribution in [0.2, 0.25) is 0 Å². The van der Waals surface area contributed by atoms with Gasteiger partial charge in [0.25, 0.3) is 0 Å². The van der Waals surface area contributed by atoms with Crippen molar-refractivity contribution < 1.29 is 0 Å². The zero-order valence-corrected chi connectivity index (χ0v) is 11.8. The molecule has 1 aliphatic heterocycles. The number of nitrogens with one attached hydrogen (secondary N) is 1. The molecule has 1 saturated heterocycles. The third kappa shape index (κ3) is 4.60. The summed E-state index contributed by atoms with van der Waals surface area (Å²) in [6.07, 6.45) is 4.02. The number of hydrogen-bond acceptors (Lipinski definition) is 2. The first-order valence-corrected chi connectivity index (χ1v) is 7.49. The first-order valence-electron chi connectivity index (χ1n) is 6.95. The van der Waals surface area contributed by atoms with Crippen LogP contribution < -0.4 is 5.32 Å². The highest BCUT2D eigenvalue weighted by atomic mass is 35.5.